The van der Waals surface area contributed by atoms with Crippen LogP contribution in [0.25, 0.3) is 0 Å². The van der Waals surface area contributed by atoms with Gasteiger partial charge in [-0.3, -0.25) is 5.10 Å². The molecule has 6 heteroatoms. The quantitative estimate of drug-likeness (QED) is 0.599. The fraction of sp³-hybridized carbons (Fsp3) is 0.200. The van der Waals surface area contributed by atoms with E-state index in [-0.39, 0.29) is 5.69 Å². The zero-order valence-electron chi connectivity index (χ0n) is 5.59. The van der Waals surface area contributed by atoms with E-state index >= 15 is 0 Å². The maximum absolute atomic E-state index is 12.6. The predicted molar refractivity (Wildman–Crippen MR) is 31.9 cm³/mol. The highest BCUT2D eigenvalue weighted by Crippen LogP contribution is 2.14. The smallest absolute Gasteiger partial charge is 0.449 e. The second-order valence-electron chi connectivity index (χ2n) is 1.84. The minimum absolute atomic E-state index is 0.140. The van der Waals surface area contributed by atoms with Crippen molar-refractivity contribution >= 4 is 6.16 Å². The second-order valence-corrected chi connectivity index (χ2v) is 1.84. The summed E-state index contributed by atoms with van der Waals surface area (Å²) in [5, 5.41) is 13.5. The lowest BCUT2D eigenvalue weighted by Crippen LogP contribution is -2.04. The molecule has 0 bridgehead atoms. The number of carboxylic acid groups (broad SMARTS) is 1. The summed E-state index contributed by atoms with van der Waals surface area (Å²) in [5.74, 6) is -1.33. The lowest BCUT2D eigenvalue weighted by atomic mass is 10.5. The van der Waals surface area contributed by atoms with Gasteiger partial charge in [0.2, 0.25) is 5.82 Å². The molecule has 5 nitrogen and oxygen atoms in total. The molecule has 0 spiro atoms. The van der Waals surface area contributed by atoms with Crippen LogP contribution in [-0.2, 0) is 0 Å². The number of hydrogen-bond donors (Lipinski definition) is 2. The van der Waals surface area contributed by atoms with Crippen molar-refractivity contribution in [3.05, 3.63) is 11.5 Å². The monoisotopic (exact) mass is 160 g/mol. The van der Waals surface area contributed by atoms with Crippen LogP contribution < -0.4 is 4.74 Å². The Morgan fingerprint density at radius 2 is 2.45 bits per heavy atom. The molecule has 0 saturated carbocycles. The molecule has 0 radical (unpaired) electrons. The Morgan fingerprint density at radius 1 is 1.82 bits per heavy atom. The Bertz CT molecular complexity index is 283. The minimum Gasteiger partial charge on any atom is -0.449 e. The van der Waals surface area contributed by atoms with Crippen LogP contribution >= 0.6 is 0 Å². The number of halogens is 1. The van der Waals surface area contributed by atoms with Gasteiger partial charge in [-0.1, -0.05) is 0 Å². The van der Waals surface area contributed by atoms with Gasteiger partial charge in [0.1, 0.15) is 0 Å². The molecule has 0 aromatic carbocycles. The Labute approximate surface area is 60.8 Å². The molecule has 0 atom stereocenters. The van der Waals surface area contributed by atoms with E-state index in [1.807, 2.05) is 0 Å². The van der Waals surface area contributed by atoms with E-state index in [4.69, 9.17) is 5.11 Å². The Kier molecular flexibility index (Phi) is 1.75. The van der Waals surface area contributed by atoms with Gasteiger partial charge in [-0.05, 0) is 6.92 Å². The van der Waals surface area contributed by atoms with Crippen molar-refractivity contribution in [1.29, 1.82) is 0 Å². The van der Waals surface area contributed by atoms with Crippen molar-refractivity contribution in [1.82, 2.24) is 10.2 Å². The van der Waals surface area contributed by atoms with Crippen molar-refractivity contribution in [2.24, 2.45) is 0 Å². The number of nitrogens with one attached hydrogen (secondary N) is 1. The fourth-order valence-electron chi connectivity index (χ4n) is 0.544. The van der Waals surface area contributed by atoms with Gasteiger partial charge in [-0.2, -0.15) is 4.39 Å². The number of aromatic amines is 1. The summed E-state index contributed by atoms with van der Waals surface area (Å²) in [6, 6.07) is 0. The summed E-state index contributed by atoms with van der Waals surface area (Å²) in [4.78, 5) is 9.89. The van der Waals surface area contributed by atoms with Gasteiger partial charge in [0.25, 0.3) is 5.88 Å². The van der Waals surface area contributed by atoms with Crippen LogP contribution in [0.1, 0.15) is 5.69 Å². The Hall–Kier alpha value is -1.59. The molecule has 60 valence electrons. The zero-order chi connectivity index (χ0) is 8.43. The fourth-order valence-corrected chi connectivity index (χ4v) is 0.544. The van der Waals surface area contributed by atoms with E-state index in [0.717, 1.165) is 0 Å². The van der Waals surface area contributed by atoms with E-state index in [0.29, 0.717) is 0 Å². The SMILES string of the molecule is Cc1[nH]nc(OC(=O)O)c1F. The summed E-state index contributed by atoms with van der Waals surface area (Å²) in [6.45, 7) is 1.41. The van der Waals surface area contributed by atoms with Gasteiger partial charge in [0, 0.05) is 0 Å². The number of nitrogens with zero attached hydrogens (tertiary/aromatic N) is 1. The van der Waals surface area contributed by atoms with Crippen LogP contribution in [0.3, 0.4) is 0 Å². The van der Waals surface area contributed by atoms with Crippen molar-refractivity contribution in [3.8, 4) is 5.88 Å². The molecule has 0 aliphatic carbocycles. The second kappa shape index (κ2) is 2.57. The number of aromatic nitrogens is 2. The molecule has 0 aliphatic heterocycles. The minimum atomic E-state index is -1.59. The highest BCUT2D eigenvalue weighted by atomic mass is 19.1. The molecule has 0 saturated heterocycles. The number of rotatable bonds is 1. The average Bonchev–Trinajstić information content (AvgIpc) is 2.18. The maximum atomic E-state index is 12.6. The normalized spacial score (nSPS) is 9.64. The molecule has 11 heavy (non-hydrogen) atoms. The molecule has 0 amide bonds. The molecule has 2 N–H and O–H groups in total. The largest absolute Gasteiger partial charge is 0.512 e. The number of H-pyrrole nitrogens is 1. The number of hydrogen-bond acceptors (Lipinski definition) is 3. The van der Waals surface area contributed by atoms with E-state index in [2.05, 4.69) is 14.9 Å². The summed E-state index contributed by atoms with van der Waals surface area (Å²) < 4.78 is 16.6. The molecule has 0 aliphatic rings. The number of carbonyl (C=O) groups is 1. The summed E-state index contributed by atoms with van der Waals surface area (Å²) in [6.07, 6.45) is -1.59. The van der Waals surface area contributed by atoms with E-state index < -0.39 is 17.9 Å². The third-order valence-electron chi connectivity index (χ3n) is 1.03. The van der Waals surface area contributed by atoms with Gasteiger partial charge in [0.15, 0.2) is 0 Å². The van der Waals surface area contributed by atoms with Crippen molar-refractivity contribution in [2.45, 2.75) is 6.92 Å². The molecule has 0 unspecified atom stereocenters. The first-order valence-electron chi connectivity index (χ1n) is 2.72. The van der Waals surface area contributed by atoms with Crippen molar-refractivity contribution < 1.29 is 19.0 Å². The van der Waals surface area contributed by atoms with Crippen LogP contribution in [0.15, 0.2) is 0 Å². The van der Waals surface area contributed by atoms with Crippen LogP contribution in [-0.4, -0.2) is 21.5 Å². The summed E-state index contributed by atoms with van der Waals surface area (Å²) in [5.41, 5.74) is 0.140. The molecular formula is C5H5FN2O3. The van der Waals surface area contributed by atoms with E-state index in [1.54, 1.807) is 0 Å². The summed E-state index contributed by atoms with van der Waals surface area (Å²) in [7, 11) is 0. The van der Waals surface area contributed by atoms with Gasteiger partial charge in [0.05, 0.1) is 5.69 Å². The molecule has 1 heterocycles. The first-order valence-corrected chi connectivity index (χ1v) is 2.72. The van der Waals surface area contributed by atoms with Crippen LogP contribution in [0.2, 0.25) is 0 Å². The topological polar surface area (TPSA) is 75.2 Å². The molecule has 1 aromatic rings. The van der Waals surface area contributed by atoms with Crippen LogP contribution in [0.5, 0.6) is 5.88 Å². The maximum Gasteiger partial charge on any atom is 0.512 e. The van der Waals surface area contributed by atoms with Gasteiger partial charge in [-0.15, -0.1) is 5.10 Å². The van der Waals surface area contributed by atoms with E-state index in [9.17, 15) is 9.18 Å². The molecular weight excluding hydrogens is 155 g/mol. The van der Waals surface area contributed by atoms with E-state index in [1.165, 1.54) is 6.92 Å². The lowest BCUT2D eigenvalue weighted by molar-refractivity contribution is 0.140. The molecule has 1 aromatic heterocycles. The Balaban J connectivity index is 2.87. The average molecular weight is 160 g/mol. The molecule has 1 rings (SSSR count). The molecule has 0 fully saturated rings. The Morgan fingerprint density at radius 3 is 2.82 bits per heavy atom. The van der Waals surface area contributed by atoms with Gasteiger partial charge < -0.3 is 9.84 Å². The van der Waals surface area contributed by atoms with Crippen LogP contribution in [0, 0.1) is 12.7 Å². The third-order valence-corrected chi connectivity index (χ3v) is 1.03. The predicted octanol–water partition coefficient (Wildman–Crippen LogP) is 0.914. The standard InChI is InChI=1S/C5H5FN2O3/c1-2-3(6)4(8-7-2)11-5(9)10/h1H3,(H,7,8)(H,9,10). The van der Waals surface area contributed by atoms with Crippen molar-refractivity contribution in [2.75, 3.05) is 0 Å². The number of aryl methyl sites for hydroxylation is 1. The summed E-state index contributed by atoms with van der Waals surface area (Å²) >= 11 is 0. The zero-order valence-corrected chi connectivity index (χ0v) is 5.59. The third kappa shape index (κ3) is 1.46. The highest BCUT2D eigenvalue weighted by molar-refractivity contribution is 5.60. The van der Waals surface area contributed by atoms with Gasteiger partial charge >= 0.3 is 6.16 Å². The lowest BCUT2D eigenvalue weighted by Gasteiger charge is -1.91. The van der Waals surface area contributed by atoms with Gasteiger partial charge in [-0.25, -0.2) is 4.79 Å². The first kappa shape index (κ1) is 7.52. The van der Waals surface area contributed by atoms with Crippen LogP contribution in [0.4, 0.5) is 9.18 Å². The highest BCUT2D eigenvalue weighted by Gasteiger charge is 2.13. The first-order chi connectivity index (χ1) is 5.11. The van der Waals surface area contributed by atoms with Crippen molar-refractivity contribution in [3.63, 3.8) is 0 Å². The number of ether oxygens (including phenoxy) is 1.